The molecule has 1 aliphatic carbocycles. The van der Waals surface area contributed by atoms with Gasteiger partial charge in [0.2, 0.25) is 0 Å². The van der Waals surface area contributed by atoms with Gasteiger partial charge in [-0.15, -0.1) is 11.3 Å². The SMILES string of the molecule is C=Nc1sc2c(c1C(C)=NC)CCC2. The second-order valence-corrected chi connectivity index (χ2v) is 4.59. The Balaban J connectivity index is 2.60. The molecule has 0 fully saturated rings. The summed E-state index contributed by atoms with van der Waals surface area (Å²) in [7, 11) is 1.83. The molecule has 1 aromatic rings. The fraction of sp³-hybridized carbons (Fsp3) is 0.455. The van der Waals surface area contributed by atoms with Gasteiger partial charge in [0.25, 0.3) is 0 Å². The number of aryl methyl sites for hydroxylation is 1. The highest BCUT2D eigenvalue weighted by molar-refractivity contribution is 7.16. The standard InChI is InChI=1S/C11H14N2S/c1-7(12-2)10-8-5-4-6-9(8)14-11(10)13-3/h3-6H2,1-2H3. The molecule has 2 nitrogen and oxygen atoms in total. The summed E-state index contributed by atoms with van der Waals surface area (Å²) in [6.07, 6.45) is 3.67. The molecule has 14 heavy (non-hydrogen) atoms. The average molecular weight is 206 g/mol. The molecule has 0 saturated carbocycles. The molecule has 0 unspecified atom stereocenters. The minimum absolute atomic E-state index is 1.05. The number of aliphatic imine (C=N–C) groups is 2. The van der Waals surface area contributed by atoms with Crippen LogP contribution in [0.2, 0.25) is 0 Å². The molecular formula is C11H14N2S. The van der Waals surface area contributed by atoms with Crippen LogP contribution in [0.25, 0.3) is 0 Å². The Hall–Kier alpha value is -0.960. The molecule has 1 aliphatic rings. The summed E-state index contributed by atoms with van der Waals surface area (Å²) in [5.41, 5.74) is 3.81. The zero-order chi connectivity index (χ0) is 10.1. The monoisotopic (exact) mass is 206 g/mol. The first-order valence-corrected chi connectivity index (χ1v) is 5.64. The molecule has 0 spiro atoms. The maximum absolute atomic E-state index is 4.25. The quantitative estimate of drug-likeness (QED) is 0.665. The number of hydrogen-bond acceptors (Lipinski definition) is 3. The van der Waals surface area contributed by atoms with Crippen molar-refractivity contribution in [3.05, 3.63) is 16.0 Å². The van der Waals surface area contributed by atoms with Crippen LogP contribution >= 0.6 is 11.3 Å². The van der Waals surface area contributed by atoms with Crippen LogP contribution in [0, 0.1) is 0 Å². The van der Waals surface area contributed by atoms with Gasteiger partial charge in [-0.1, -0.05) is 0 Å². The maximum atomic E-state index is 4.25. The van der Waals surface area contributed by atoms with Crippen molar-refractivity contribution in [1.82, 2.24) is 0 Å². The minimum Gasteiger partial charge on any atom is -0.293 e. The van der Waals surface area contributed by atoms with E-state index in [1.807, 2.05) is 7.05 Å². The van der Waals surface area contributed by atoms with Crippen molar-refractivity contribution in [3.8, 4) is 0 Å². The van der Waals surface area contributed by atoms with Gasteiger partial charge in [-0.3, -0.25) is 9.98 Å². The van der Waals surface area contributed by atoms with Gasteiger partial charge in [0.1, 0.15) is 5.00 Å². The molecule has 1 heterocycles. The van der Waals surface area contributed by atoms with Gasteiger partial charge in [-0.05, 0) is 38.5 Å². The van der Waals surface area contributed by atoms with Crippen LogP contribution in [-0.2, 0) is 12.8 Å². The Morgan fingerprint density at radius 1 is 1.43 bits per heavy atom. The number of fused-ring (bicyclic) bond motifs is 1. The van der Waals surface area contributed by atoms with Crippen molar-refractivity contribution in [3.63, 3.8) is 0 Å². The van der Waals surface area contributed by atoms with Crippen LogP contribution in [-0.4, -0.2) is 19.5 Å². The average Bonchev–Trinajstić information content (AvgIpc) is 2.74. The first kappa shape index (κ1) is 9.59. The van der Waals surface area contributed by atoms with E-state index < -0.39 is 0 Å². The number of nitrogens with zero attached hydrogens (tertiary/aromatic N) is 2. The predicted molar refractivity (Wildman–Crippen MR) is 63.7 cm³/mol. The highest BCUT2D eigenvalue weighted by Crippen LogP contribution is 2.40. The lowest BCUT2D eigenvalue weighted by molar-refractivity contribution is 0.914. The Bertz CT molecular complexity index is 402. The van der Waals surface area contributed by atoms with Crippen LogP contribution in [0.1, 0.15) is 29.3 Å². The van der Waals surface area contributed by atoms with Crippen molar-refractivity contribution in [2.45, 2.75) is 26.2 Å². The third-order valence-electron chi connectivity index (χ3n) is 2.74. The second kappa shape index (κ2) is 3.65. The fourth-order valence-corrected chi connectivity index (χ4v) is 3.23. The Morgan fingerprint density at radius 3 is 2.86 bits per heavy atom. The lowest BCUT2D eigenvalue weighted by atomic mass is 10.1. The summed E-state index contributed by atoms with van der Waals surface area (Å²) in [5.74, 6) is 0. The van der Waals surface area contributed by atoms with Crippen LogP contribution in [0.5, 0.6) is 0 Å². The molecule has 2 rings (SSSR count). The van der Waals surface area contributed by atoms with Crippen LogP contribution in [0.3, 0.4) is 0 Å². The van der Waals surface area contributed by atoms with E-state index in [-0.39, 0.29) is 0 Å². The summed E-state index contributed by atoms with van der Waals surface area (Å²) in [4.78, 5) is 9.83. The second-order valence-electron chi connectivity index (χ2n) is 3.50. The van der Waals surface area contributed by atoms with Crippen molar-refractivity contribution in [1.29, 1.82) is 0 Å². The third kappa shape index (κ3) is 1.32. The number of thiophene rings is 1. The van der Waals surface area contributed by atoms with E-state index in [2.05, 4.69) is 23.6 Å². The van der Waals surface area contributed by atoms with Gasteiger partial charge in [0.05, 0.1) is 0 Å². The van der Waals surface area contributed by atoms with E-state index in [9.17, 15) is 0 Å². The Kier molecular flexibility index (Phi) is 2.50. The molecule has 0 radical (unpaired) electrons. The molecular weight excluding hydrogens is 192 g/mol. The largest absolute Gasteiger partial charge is 0.293 e. The summed E-state index contributed by atoms with van der Waals surface area (Å²) in [5, 5.41) is 1.05. The highest BCUT2D eigenvalue weighted by atomic mass is 32.1. The molecule has 0 saturated heterocycles. The van der Waals surface area contributed by atoms with Crippen LogP contribution < -0.4 is 0 Å². The zero-order valence-electron chi connectivity index (χ0n) is 8.63. The minimum atomic E-state index is 1.05. The van der Waals surface area contributed by atoms with E-state index in [0.29, 0.717) is 0 Å². The van der Waals surface area contributed by atoms with Crippen LogP contribution in [0.15, 0.2) is 9.98 Å². The molecule has 0 amide bonds. The number of rotatable bonds is 2. The first-order valence-electron chi connectivity index (χ1n) is 4.83. The molecule has 0 aromatic carbocycles. The maximum Gasteiger partial charge on any atom is 0.124 e. The topological polar surface area (TPSA) is 24.7 Å². The lowest BCUT2D eigenvalue weighted by Gasteiger charge is -2.01. The van der Waals surface area contributed by atoms with Crippen molar-refractivity contribution >= 4 is 28.8 Å². The molecule has 0 bridgehead atoms. The van der Waals surface area contributed by atoms with E-state index >= 15 is 0 Å². The Labute approximate surface area is 88.4 Å². The molecule has 0 aliphatic heterocycles. The van der Waals surface area contributed by atoms with Crippen molar-refractivity contribution < 1.29 is 0 Å². The van der Waals surface area contributed by atoms with Gasteiger partial charge < -0.3 is 0 Å². The van der Waals surface area contributed by atoms with E-state index in [0.717, 1.165) is 10.7 Å². The van der Waals surface area contributed by atoms with E-state index in [1.54, 1.807) is 11.3 Å². The van der Waals surface area contributed by atoms with E-state index in [1.165, 1.54) is 35.3 Å². The summed E-state index contributed by atoms with van der Waals surface area (Å²) >= 11 is 1.78. The molecule has 1 aromatic heterocycles. The van der Waals surface area contributed by atoms with Crippen molar-refractivity contribution in [2.24, 2.45) is 9.98 Å². The normalized spacial score (nSPS) is 15.7. The molecule has 0 atom stereocenters. The molecule has 0 N–H and O–H groups in total. The highest BCUT2D eigenvalue weighted by Gasteiger charge is 2.22. The summed E-state index contributed by atoms with van der Waals surface area (Å²) in [6.45, 7) is 5.68. The molecule has 74 valence electrons. The van der Waals surface area contributed by atoms with Gasteiger partial charge >= 0.3 is 0 Å². The van der Waals surface area contributed by atoms with E-state index in [4.69, 9.17) is 0 Å². The summed E-state index contributed by atoms with van der Waals surface area (Å²) < 4.78 is 0. The number of hydrogen-bond donors (Lipinski definition) is 0. The fourth-order valence-electron chi connectivity index (χ4n) is 1.99. The van der Waals surface area contributed by atoms with Crippen LogP contribution in [0.4, 0.5) is 5.00 Å². The zero-order valence-corrected chi connectivity index (χ0v) is 9.45. The third-order valence-corrected chi connectivity index (χ3v) is 3.97. The first-order chi connectivity index (χ1) is 6.77. The van der Waals surface area contributed by atoms with Gasteiger partial charge in [-0.2, -0.15) is 0 Å². The summed E-state index contributed by atoms with van der Waals surface area (Å²) in [6, 6.07) is 0. The van der Waals surface area contributed by atoms with Gasteiger partial charge in [0, 0.05) is 23.2 Å². The van der Waals surface area contributed by atoms with Gasteiger partial charge in [0.15, 0.2) is 0 Å². The molecule has 3 heteroatoms. The van der Waals surface area contributed by atoms with Crippen molar-refractivity contribution in [2.75, 3.05) is 7.05 Å². The smallest absolute Gasteiger partial charge is 0.124 e. The van der Waals surface area contributed by atoms with Gasteiger partial charge in [-0.25, -0.2) is 0 Å². The lowest BCUT2D eigenvalue weighted by Crippen LogP contribution is -1.96. The Morgan fingerprint density at radius 2 is 2.21 bits per heavy atom. The predicted octanol–water partition coefficient (Wildman–Crippen LogP) is 3.01.